The summed E-state index contributed by atoms with van der Waals surface area (Å²) >= 11 is 0. The fourth-order valence-electron chi connectivity index (χ4n) is 0.420. The Hall–Kier alpha value is -0.920. The molecule has 41 valence electrons. The summed E-state index contributed by atoms with van der Waals surface area (Å²) in [7, 11) is 0. The Balaban J connectivity index is 3.13. The zero-order valence-corrected chi connectivity index (χ0v) is 4.76. The summed E-state index contributed by atoms with van der Waals surface area (Å²) in [6.07, 6.45) is 3.21. The molecule has 0 N–H and O–H groups in total. The Labute approximate surface area is 48.6 Å². The number of nitrogens with zero attached hydrogens (tertiary/aromatic N) is 2. The van der Waals surface area contributed by atoms with E-state index in [9.17, 15) is 0 Å². The highest BCUT2D eigenvalue weighted by molar-refractivity contribution is 5.16. The van der Waals surface area contributed by atoms with Crippen LogP contribution >= 0.6 is 0 Å². The van der Waals surface area contributed by atoms with Gasteiger partial charge in [-0.15, -0.1) is 0 Å². The van der Waals surface area contributed by atoms with Gasteiger partial charge >= 0.3 is 0 Å². The number of hydrogen-bond donors (Lipinski definition) is 0. The number of rotatable bonds is 0. The molecule has 2 heteroatoms. The van der Waals surface area contributed by atoms with Gasteiger partial charge in [0.2, 0.25) is 0 Å². The van der Waals surface area contributed by atoms with Crippen LogP contribution in [0.2, 0.25) is 0 Å². The van der Waals surface area contributed by atoms with Gasteiger partial charge in [-0.05, 0) is 19.4 Å². The molecule has 1 rings (SSSR count). The molecule has 0 aromatic carbocycles. The Morgan fingerprint density at radius 1 is 1.62 bits per heavy atom. The Morgan fingerprint density at radius 2 is 2.38 bits per heavy atom. The van der Waals surface area contributed by atoms with Crippen molar-refractivity contribution >= 4 is 0 Å². The Morgan fingerprint density at radius 3 is 2.75 bits per heavy atom. The van der Waals surface area contributed by atoms with Gasteiger partial charge in [0.15, 0.2) is 0 Å². The molecular formula is C6H7N2. The highest BCUT2D eigenvalue weighted by atomic mass is 14.8. The van der Waals surface area contributed by atoms with Gasteiger partial charge in [-0.25, -0.2) is 9.97 Å². The summed E-state index contributed by atoms with van der Waals surface area (Å²) in [6.45, 7) is 5.60. The number of aromatic nitrogens is 2. The van der Waals surface area contributed by atoms with Crippen LogP contribution in [-0.4, -0.2) is 9.97 Å². The van der Waals surface area contributed by atoms with E-state index >= 15 is 0 Å². The minimum Gasteiger partial charge on any atom is -0.245 e. The van der Waals surface area contributed by atoms with Crippen molar-refractivity contribution in [1.82, 2.24) is 9.97 Å². The monoisotopic (exact) mass is 107 g/mol. The molecule has 0 aliphatic rings. The molecule has 0 spiro atoms. The standard InChI is InChI=1S/C6H7N2/c1-5-3-7-4-8-6(5)2/h3-4H,1H2,2H3. The first-order chi connectivity index (χ1) is 3.80. The van der Waals surface area contributed by atoms with Crippen molar-refractivity contribution in [2.45, 2.75) is 6.92 Å². The molecule has 0 saturated heterocycles. The van der Waals surface area contributed by atoms with Crippen LogP contribution in [0.5, 0.6) is 0 Å². The van der Waals surface area contributed by atoms with Gasteiger partial charge in [0, 0.05) is 11.9 Å². The molecule has 2 nitrogen and oxygen atoms in total. The zero-order chi connectivity index (χ0) is 5.98. The second-order valence-corrected chi connectivity index (χ2v) is 1.63. The van der Waals surface area contributed by atoms with E-state index in [-0.39, 0.29) is 0 Å². The number of hydrogen-bond acceptors (Lipinski definition) is 2. The van der Waals surface area contributed by atoms with Crippen molar-refractivity contribution in [2.75, 3.05) is 0 Å². The third kappa shape index (κ3) is 0.832. The van der Waals surface area contributed by atoms with Gasteiger partial charge in [-0.3, -0.25) is 0 Å². The van der Waals surface area contributed by atoms with Crippen molar-refractivity contribution < 1.29 is 0 Å². The van der Waals surface area contributed by atoms with Crippen LogP contribution in [0.25, 0.3) is 0 Å². The summed E-state index contributed by atoms with van der Waals surface area (Å²) in [4.78, 5) is 7.68. The Kier molecular flexibility index (Phi) is 1.24. The molecule has 1 aromatic rings. The smallest absolute Gasteiger partial charge is 0.115 e. The average molecular weight is 107 g/mol. The molecule has 0 aliphatic carbocycles. The summed E-state index contributed by atoms with van der Waals surface area (Å²) < 4.78 is 0. The molecule has 1 aromatic heterocycles. The van der Waals surface area contributed by atoms with E-state index in [0.717, 1.165) is 11.3 Å². The molecule has 0 bridgehead atoms. The van der Waals surface area contributed by atoms with Crippen molar-refractivity contribution in [1.29, 1.82) is 0 Å². The van der Waals surface area contributed by atoms with Crippen LogP contribution < -0.4 is 0 Å². The maximum atomic E-state index is 3.91. The first kappa shape index (κ1) is 5.22. The van der Waals surface area contributed by atoms with Crippen LogP contribution in [0.1, 0.15) is 11.3 Å². The normalized spacial score (nSPS) is 9.25. The maximum Gasteiger partial charge on any atom is 0.115 e. The molecule has 0 atom stereocenters. The maximum absolute atomic E-state index is 3.91. The van der Waals surface area contributed by atoms with Crippen molar-refractivity contribution in [2.24, 2.45) is 0 Å². The second-order valence-electron chi connectivity index (χ2n) is 1.63. The molecule has 0 amide bonds. The van der Waals surface area contributed by atoms with Gasteiger partial charge in [-0.1, -0.05) is 0 Å². The van der Waals surface area contributed by atoms with E-state index in [1.165, 1.54) is 6.33 Å². The highest BCUT2D eigenvalue weighted by Crippen LogP contribution is 1.95. The predicted molar refractivity (Wildman–Crippen MR) is 31.2 cm³/mol. The minimum absolute atomic E-state index is 0.896. The minimum atomic E-state index is 0.896. The molecular weight excluding hydrogens is 100 g/mol. The average Bonchev–Trinajstić information content (AvgIpc) is 1.77. The second kappa shape index (κ2) is 1.90. The van der Waals surface area contributed by atoms with Crippen molar-refractivity contribution in [3.63, 3.8) is 0 Å². The molecule has 1 radical (unpaired) electrons. The van der Waals surface area contributed by atoms with Gasteiger partial charge in [0.05, 0.1) is 0 Å². The first-order valence-electron chi connectivity index (χ1n) is 2.39. The van der Waals surface area contributed by atoms with E-state index in [0.29, 0.717) is 0 Å². The lowest BCUT2D eigenvalue weighted by atomic mass is 10.3. The van der Waals surface area contributed by atoms with Crippen molar-refractivity contribution in [3.8, 4) is 0 Å². The fourth-order valence-corrected chi connectivity index (χ4v) is 0.420. The topological polar surface area (TPSA) is 25.8 Å². The first-order valence-corrected chi connectivity index (χ1v) is 2.39. The predicted octanol–water partition coefficient (Wildman–Crippen LogP) is 0.967. The van der Waals surface area contributed by atoms with E-state index in [1.807, 2.05) is 6.92 Å². The van der Waals surface area contributed by atoms with Crippen LogP contribution in [0.15, 0.2) is 12.5 Å². The summed E-state index contributed by atoms with van der Waals surface area (Å²) in [6, 6.07) is 0. The van der Waals surface area contributed by atoms with E-state index in [4.69, 9.17) is 0 Å². The number of aryl methyl sites for hydroxylation is 1. The third-order valence-electron chi connectivity index (χ3n) is 1.01. The van der Waals surface area contributed by atoms with Crippen LogP contribution in [0.4, 0.5) is 0 Å². The summed E-state index contributed by atoms with van der Waals surface area (Å²) in [5.41, 5.74) is 1.84. The van der Waals surface area contributed by atoms with Crippen LogP contribution in [-0.2, 0) is 0 Å². The Bertz CT molecular complexity index is 163. The van der Waals surface area contributed by atoms with E-state index < -0.39 is 0 Å². The lowest BCUT2D eigenvalue weighted by Gasteiger charge is -1.91. The SMILES string of the molecule is [CH2]c1cncnc1C. The fraction of sp³-hybridized carbons (Fsp3) is 0.167. The molecule has 1 heterocycles. The quantitative estimate of drug-likeness (QED) is 0.493. The van der Waals surface area contributed by atoms with E-state index in [1.54, 1.807) is 6.20 Å². The zero-order valence-electron chi connectivity index (χ0n) is 4.76. The van der Waals surface area contributed by atoms with Gasteiger partial charge in [0.1, 0.15) is 6.33 Å². The lowest BCUT2D eigenvalue weighted by molar-refractivity contribution is 1.08. The highest BCUT2D eigenvalue weighted by Gasteiger charge is 1.86. The molecule has 0 fully saturated rings. The van der Waals surface area contributed by atoms with Crippen LogP contribution in [0, 0.1) is 13.8 Å². The van der Waals surface area contributed by atoms with Gasteiger partial charge < -0.3 is 0 Å². The molecule has 0 saturated carbocycles. The van der Waals surface area contributed by atoms with E-state index in [2.05, 4.69) is 16.9 Å². The summed E-state index contributed by atoms with van der Waals surface area (Å²) in [5, 5.41) is 0. The molecule has 8 heavy (non-hydrogen) atoms. The van der Waals surface area contributed by atoms with Gasteiger partial charge in [0.25, 0.3) is 0 Å². The summed E-state index contributed by atoms with van der Waals surface area (Å²) in [5.74, 6) is 0. The van der Waals surface area contributed by atoms with Crippen LogP contribution in [0.3, 0.4) is 0 Å². The van der Waals surface area contributed by atoms with Gasteiger partial charge in [-0.2, -0.15) is 0 Å². The lowest BCUT2D eigenvalue weighted by Crippen LogP contribution is -1.85. The third-order valence-corrected chi connectivity index (χ3v) is 1.01. The van der Waals surface area contributed by atoms with Crippen molar-refractivity contribution in [3.05, 3.63) is 30.7 Å². The molecule has 0 unspecified atom stereocenters. The molecule has 0 aliphatic heterocycles. The largest absolute Gasteiger partial charge is 0.245 e.